The molecule has 0 atom stereocenters. The van der Waals surface area contributed by atoms with Crippen molar-refractivity contribution in [3.05, 3.63) is 54.1 Å². The van der Waals surface area contributed by atoms with E-state index in [2.05, 4.69) is 60.7 Å². The van der Waals surface area contributed by atoms with Crippen LogP contribution < -0.4 is 5.32 Å². The number of allylic oxidation sites excluding steroid dienone is 1. The minimum atomic E-state index is 0.692. The zero-order valence-corrected chi connectivity index (χ0v) is 14.7. The van der Waals surface area contributed by atoms with Crippen LogP contribution in [0.5, 0.6) is 0 Å². The summed E-state index contributed by atoms with van der Waals surface area (Å²) in [6, 6.07) is 6.44. The maximum atomic E-state index is 4.41. The van der Waals surface area contributed by atoms with Crippen LogP contribution in [0.2, 0.25) is 0 Å². The van der Waals surface area contributed by atoms with E-state index < -0.39 is 0 Å². The van der Waals surface area contributed by atoms with Gasteiger partial charge in [-0.1, -0.05) is 33.1 Å². The van der Waals surface area contributed by atoms with E-state index in [0.29, 0.717) is 5.92 Å². The molecule has 0 bridgehead atoms. The predicted octanol–water partition coefficient (Wildman–Crippen LogP) is 3.83. The Kier molecular flexibility index (Phi) is 5.48. The zero-order valence-electron chi connectivity index (χ0n) is 14.7. The van der Waals surface area contributed by atoms with Crippen molar-refractivity contribution in [1.82, 2.24) is 20.4 Å². The number of aromatic nitrogens is 2. The first-order chi connectivity index (χ1) is 10.9. The highest BCUT2D eigenvalue weighted by Crippen LogP contribution is 2.22. The van der Waals surface area contributed by atoms with Gasteiger partial charge >= 0.3 is 0 Å². The maximum absolute atomic E-state index is 4.41. The second-order valence-electron chi connectivity index (χ2n) is 6.48. The molecule has 2 N–H and O–H groups in total. The number of hydrogen-bond acceptors (Lipinski definition) is 3. The molecule has 0 spiro atoms. The van der Waals surface area contributed by atoms with Gasteiger partial charge in [0.2, 0.25) is 0 Å². The van der Waals surface area contributed by atoms with E-state index in [1.165, 1.54) is 23.1 Å². The Morgan fingerprint density at radius 2 is 2.09 bits per heavy atom. The van der Waals surface area contributed by atoms with Gasteiger partial charge in [-0.25, -0.2) is 0 Å². The van der Waals surface area contributed by atoms with Crippen LogP contribution in [0.1, 0.15) is 31.5 Å². The molecule has 0 aliphatic heterocycles. The third-order valence-corrected chi connectivity index (χ3v) is 4.25. The molecule has 0 fully saturated rings. The van der Waals surface area contributed by atoms with Crippen molar-refractivity contribution in [2.24, 2.45) is 5.92 Å². The Labute approximate surface area is 139 Å². The van der Waals surface area contributed by atoms with E-state index in [1.807, 2.05) is 19.0 Å². The molecule has 23 heavy (non-hydrogen) atoms. The number of likely N-dealkylation sites (N-methyl/N-ethyl adjacent to an activating group) is 1. The van der Waals surface area contributed by atoms with Crippen LogP contribution in [0.15, 0.2) is 42.9 Å². The fourth-order valence-electron chi connectivity index (χ4n) is 2.56. The van der Waals surface area contributed by atoms with E-state index in [4.69, 9.17) is 0 Å². The van der Waals surface area contributed by atoms with Crippen molar-refractivity contribution >= 4 is 10.9 Å². The molecule has 0 radical (unpaired) electrons. The van der Waals surface area contributed by atoms with Crippen LogP contribution in [-0.2, 0) is 12.8 Å². The first-order valence-corrected chi connectivity index (χ1v) is 8.16. The zero-order chi connectivity index (χ0) is 17.0. The predicted molar refractivity (Wildman–Crippen MR) is 98.1 cm³/mol. The number of nitrogens with one attached hydrogen (secondary N) is 2. The molecule has 4 heteroatoms. The number of rotatable bonds is 8. The Bertz CT molecular complexity index is 696. The lowest BCUT2D eigenvalue weighted by molar-refractivity contribution is 0.476. The van der Waals surface area contributed by atoms with Gasteiger partial charge in [0, 0.05) is 37.3 Å². The molecule has 0 saturated heterocycles. The Morgan fingerprint density at radius 3 is 2.74 bits per heavy atom. The molecule has 0 unspecified atom stereocenters. The number of hydrogen-bond donors (Lipinski definition) is 2. The van der Waals surface area contributed by atoms with Gasteiger partial charge in [0.1, 0.15) is 0 Å². The monoisotopic (exact) mass is 312 g/mol. The summed E-state index contributed by atoms with van der Waals surface area (Å²) in [6.45, 7) is 12.6. The van der Waals surface area contributed by atoms with Crippen molar-refractivity contribution in [2.45, 2.75) is 33.1 Å². The lowest BCUT2D eigenvalue weighted by atomic mass is 10.0. The van der Waals surface area contributed by atoms with Crippen molar-refractivity contribution < 1.29 is 0 Å². The van der Waals surface area contributed by atoms with Crippen LogP contribution >= 0.6 is 0 Å². The Morgan fingerprint density at radius 1 is 1.35 bits per heavy atom. The highest BCUT2D eigenvalue weighted by Gasteiger charge is 2.10. The summed E-state index contributed by atoms with van der Waals surface area (Å²) in [6.07, 6.45) is 3.00. The second kappa shape index (κ2) is 7.36. The molecule has 0 saturated carbocycles. The van der Waals surface area contributed by atoms with Crippen molar-refractivity contribution in [2.75, 3.05) is 14.1 Å². The molecule has 124 valence electrons. The number of benzene rings is 1. The number of H-pyrrole nitrogens is 1. The molecular weight excluding hydrogens is 284 g/mol. The van der Waals surface area contributed by atoms with Gasteiger partial charge in [-0.05, 0) is 36.5 Å². The Balaban J connectivity index is 2.17. The lowest BCUT2D eigenvalue weighted by Crippen LogP contribution is -2.25. The molecule has 0 aliphatic rings. The summed E-state index contributed by atoms with van der Waals surface area (Å²) in [7, 11) is 3.84. The third-order valence-electron chi connectivity index (χ3n) is 4.25. The molecular formula is C19H28N4. The van der Waals surface area contributed by atoms with Crippen LogP contribution in [0.4, 0.5) is 0 Å². The highest BCUT2D eigenvalue weighted by molar-refractivity contribution is 5.82. The van der Waals surface area contributed by atoms with E-state index >= 15 is 0 Å². The Hall–Kier alpha value is -2.23. The van der Waals surface area contributed by atoms with Gasteiger partial charge in [0.05, 0.1) is 11.3 Å². The minimum absolute atomic E-state index is 0.692. The highest BCUT2D eigenvalue weighted by atomic mass is 15.2. The standard InChI is InChI=1S/C19H28N4/c1-13(2)7-9-18-17-12-16(8-10-19(17)22-21-18)11-14(3)23(6)15(4)20-5/h8,10,12-13,20H,3-4,7,9,11H2,1-2,5-6H3,(H,21,22). The summed E-state index contributed by atoms with van der Waals surface area (Å²) in [5.41, 5.74) is 4.52. The number of fused-ring (bicyclic) bond motifs is 1. The molecule has 2 rings (SSSR count). The summed E-state index contributed by atoms with van der Waals surface area (Å²) in [5, 5.41) is 11.9. The van der Waals surface area contributed by atoms with Crippen molar-refractivity contribution in [1.29, 1.82) is 0 Å². The van der Waals surface area contributed by atoms with Crippen molar-refractivity contribution in [3.8, 4) is 0 Å². The van der Waals surface area contributed by atoms with E-state index in [9.17, 15) is 0 Å². The van der Waals surface area contributed by atoms with Gasteiger partial charge in [-0.3, -0.25) is 5.10 Å². The summed E-state index contributed by atoms with van der Waals surface area (Å²) >= 11 is 0. The van der Waals surface area contributed by atoms with Crippen LogP contribution in [0.25, 0.3) is 10.9 Å². The molecule has 1 heterocycles. The second-order valence-corrected chi connectivity index (χ2v) is 6.48. The molecule has 0 aliphatic carbocycles. The first kappa shape index (κ1) is 17.1. The first-order valence-electron chi connectivity index (χ1n) is 8.16. The van der Waals surface area contributed by atoms with E-state index in [-0.39, 0.29) is 0 Å². The average molecular weight is 312 g/mol. The maximum Gasteiger partial charge on any atom is 0.0975 e. The van der Waals surface area contributed by atoms with E-state index in [0.717, 1.165) is 29.9 Å². The smallest absolute Gasteiger partial charge is 0.0975 e. The quantitative estimate of drug-likeness (QED) is 0.778. The molecule has 4 nitrogen and oxygen atoms in total. The number of aromatic amines is 1. The molecule has 1 aromatic heterocycles. The number of nitrogens with zero attached hydrogens (tertiary/aromatic N) is 2. The van der Waals surface area contributed by atoms with Gasteiger partial charge in [-0.15, -0.1) is 0 Å². The van der Waals surface area contributed by atoms with Gasteiger partial charge < -0.3 is 10.2 Å². The largest absolute Gasteiger partial charge is 0.375 e. The minimum Gasteiger partial charge on any atom is -0.375 e. The number of aryl methyl sites for hydroxylation is 1. The molecule has 0 amide bonds. The van der Waals surface area contributed by atoms with Gasteiger partial charge in [-0.2, -0.15) is 5.10 Å². The topological polar surface area (TPSA) is 44.0 Å². The van der Waals surface area contributed by atoms with Crippen LogP contribution in [-0.4, -0.2) is 29.2 Å². The van der Waals surface area contributed by atoms with Crippen LogP contribution in [0, 0.1) is 5.92 Å². The van der Waals surface area contributed by atoms with Crippen molar-refractivity contribution in [3.63, 3.8) is 0 Å². The van der Waals surface area contributed by atoms with E-state index in [1.54, 1.807) is 0 Å². The SMILES string of the molecule is C=C(Cc1ccc2n[nH]c(CCC(C)C)c2c1)N(C)C(=C)NC. The van der Waals surface area contributed by atoms with Gasteiger partial charge in [0.25, 0.3) is 0 Å². The van der Waals surface area contributed by atoms with Crippen LogP contribution in [0.3, 0.4) is 0 Å². The lowest BCUT2D eigenvalue weighted by Gasteiger charge is -2.23. The molecule has 2 aromatic rings. The fraction of sp³-hybridized carbons (Fsp3) is 0.421. The summed E-state index contributed by atoms with van der Waals surface area (Å²) in [5.74, 6) is 1.54. The normalized spacial score (nSPS) is 11.0. The fourth-order valence-corrected chi connectivity index (χ4v) is 2.56. The summed E-state index contributed by atoms with van der Waals surface area (Å²) in [4.78, 5) is 1.99. The van der Waals surface area contributed by atoms with Gasteiger partial charge in [0.15, 0.2) is 0 Å². The molecule has 1 aromatic carbocycles. The third kappa shape index (κ3) is 4.15. The summed E-state index contributed by atoms with van der Waals surface area (Å²) < 4.78 is 0. The average Bonchev–Trinajstić information content (AvgIpc) is 2.93.